The Hall–Kier alpha value is -1.73. The maximum absolute atomic E-state index is 5.98. The van der Waals surface area contributed by atoms with Gasteiger partial charge in [-0.1, -0.05) is 11.6 Å². The van der Waals surface area contributed by atoms with Gasteiger partial charge in [-0.3, -0.25) is 0 Å². The van der Waals surface area contributed by atoms with Gasteiger partial charge in [-0.2, -0.15) is 0 Å². The Balaban J connectivity index is 2.04. The van der Waals surface area contributed by atoms with Crippen LogP contribution in [0.1, 0.15) is 19.9 Å². The molecule has 0 bridgehead atoms. The molecule has 3 rings (SSSR count). The number of hydrogen-bond donors (Lipinski definition) is 0. The molecule has 6 nitrogen and oxygen atoms in total. The van der Waals surface area contributed by atoms with Gasteiger partial charge in [0.05, 0.1) is 11.6 Å². The van der Waals surface area contributed by atoms with Gasteiger partial charge in [-0.15, -0.1) is 5.10 Å². The van der Waals surface area contributed by atoms with Gasteiger partial charge in [0.2, 0.25) is 5.16 Å². The standard InChI is InChI=1S/C12H11ClN6S/c1-7(2)19-12(16-17-18-19)20-11-9-4-3-8(13)5-10(9)14-6-15-11/h3-7H,1-2H3. The number of fused-ring (bicyclic) bond motifs is 1. The van der Waals surface area contributed by atoms with Gasteiger partial charge in [0.25, 0.3) is 0 Å². The predicted molar refractivity (Wildman–Crippen MR) is 76.9 cm³/mol. The molecule has 0 radical (unpaired) electrons. The van der Waals surface area contributed by atoms with Gasteiger partial charge in [-0.25, -0.2) is 14.6 Å². The van der Waals surface area contributed by atoms with E-state index in [-0.39, 0.29) is 6.04 Å². The summed E-state index contributed by atoms with van der Waals surface area (Å²) in [6.45, 7) is 4.05. The summed E-state index contributed by atoms with van der Waals surface area (Å²) in [6.07, 6.45) is 1.52. The van der Waals surface area contributed by atoms with Crippen molar-refractivity contribution in [1.82, 2.24) is 30.2 Å². The fraction of sp³-hybridized carbons (Fsp3) is 0.250. The number of aromatic nitrogens is 6. The van der Waals surface area contributed by atoms with Crippen LogP contribution in [0.4, 0.5) is 0 Å². The van der Waals surface area contributed by atoms with Crippen LogP contribution in [0.15, 0.2) is 34.7 Å². The van der Waals surface area contributed by atoms with Gasteiger partial charge in [-0.05, 0) is 54.2 Å². The molecule has 2 heterocycles. The Labute approximate surface area is 124 Å². The Morgan fingerprint density at radius 3 is 2.90 bits per heavy atom. The van der Waals surface area contributed by atoms with E-state index in [9.17, 15) is 0 Å². The quantitative estimate of drug-likeness (QED) is 0.693. The number of tetrazole rings is 1. The molecule has 0 saturated heterocycles. The lowest BCUT2D eigenvalue weighted by molar-refractivity contribution is 0.477. The Morgan fingerprint density at radius 2 is 2.10 bits per heavy atom. The van der Waals surface area contributed by atoms with Crippen LogP contribution < -0.4 is 0 Å². The number of hydrogen-bond acceptors (Lipinski definition) is 6. The average Bonchev–Trinajstić information content (AvgIpc) is 2.87. The fourth-order valence-electron chi connectivity index (χ4n) is 1.75. The molecule has 1 aromatic carbocycles. The summed E-state index contributed by atoms with van der Waals surface area (Å²) in [7, 11) is 0. The number of halogens is 1. The SMILES string of the molecule is CC(C)n1nnnc1Sc1ncnc2cc(Cl)ccc12. The highest BCUT2D eigenvalue weighted by molar-refractivity contribution is 7.99. The Morgan fingerprint density at radius 1 is 1.25 bits per heavy atom. The van der Waals surface area contributed by atoms with Gasteiger partial charge in [0.15, 0.2) is 0 Å². The molecule has 0 atom stereocenters. The summed E-state index contributed by atoms with van der Waals surface area (Å²) in [5.41, 5.74) is 0.804. The van der Waals surface area contributed by atoms with Gasteiger partial charge < -0.3 is 0 Å². The predicted octanol–water partition coefficient (Wildman–Crippen LogP) is 3.00. The van der Waals surface area contributed by atoms with Crippen LogP contribution in [-0.2, 0) is 0 Å². The van der Waals surface area contributed by atoms with Gasteiger partial charge in [0, 0.05) is 10.4 Å². The third kappa shape index (κ3) is 2.46. The first kappa shape index (κ1) is 13.3. The molecule has 3 aromatic rings. The molecule has 0 unspecified atom stereocenters. The van der Waals surface area contributed by atoms with Crippen LogP contribution in [0.2, 0.25) is 5.02 Å². The van der Waals surface area contributed by atoms with Crippen LogP contribution in [0, 0.1) is 0 Å². The molecular formula is C12H11ClN6S. The Kier molecular flexibility index (Phi) is 3.54. The summed E-state index contributed by atoms with van der Waals surface area (Å²) < 4.78 is 1.76. The van der Waals surface area contributed by atoms with E-state index in [1.807, 2.05) is 32.0 Å². The minimum atomic E-state index is 0.190. The summed E-state index contributed by atoms with van der Waals surface area (Å²) in [5, 5.41) is 14.8. The largest absolute Gasteiger partial charge is 0.236 e. The lowest BCUT2D eigenvalue weighted by atomic mass is 10.2. The molecule has 8 heteroatoms. The van der Waals surface area contributed by atoms with Crippen molar-refractivity contribution in [2.45, 2.75) is 30.1 Å². The second-order valence-corrected chi connectivity index (χ2v) is 5.83. The number of rotatable bonds is 3. The molecule has 0 saturated carbocycles. The summed E-state index contributed by atoms with van der Waals surface area (Å²) in [5.74, 6) is 0. The first-order chi connectivity index (χ1) is 9.65. The minimum Gasteiger partial charge on any atom is -0.236 e. The zero-order valence-corrected chi connectivity index (χ0v) is 12.4. The molecule has 0 N–H and O–H groups in total. The molecule has 102 valence electrons. The fourth-order valence-corrected chi connectivity index (χ4v) is 2.89. The second kappa shape index (κ2) is 5.34. The molecule has 0 aliphatic heterocycles. The van der Waals surface area contributed by atoms with Crippen molar-refractivity contribution in [3.8, 4) is 0 Å². The average molecular weight is 307 g/mol. The van der Waals surface area contributed by atoms with E-state index < -0.39 is 0 Å². The summed E-state index contributed by atoms with van der Waals surface area (Å²) >= 11 is 7.39. The van der Waals surface area contributed by atoms with Crippen molar-refractivity contribution in [2.24, 2.45) is 0 Å². The van der Waals surface area contributed by atoms with Gasteiger partial charge in [0.1, 0.15) is 11.4 Å². The molecule has 0 aliphatic carbocycles. The maximum Gasteiger partial charge on any atom is 0.215 e. The first-order valence-corrected chi connectivity index (χ1v) is 7.20. The van der Waals surface area contributed by atoms with Crippen molar-refractivity contribution >= 4 is 34.3 Å². The summed E-state index contributed by atoms with van der Waals surface area (Å²) in [6, 6.07) is 5.73. The molecule has 0 aliphatic rings. The van der Waals surface area contributed by atoms with E-state index in [1.165, 1.54) is 18.1 Å². The Bertz CT molecular complexity index is 757. The molecule has 0 spiro atoms. The zero-order chi connectivity index (χ0) is 14.1. The highest BCUT2D eigenvalue weighted by Crippen LogP contribution is 2.31. The van der Waals surface area contributed by atoms with Crippen LogP contribution in [0.25, 0.3) is 10.9 Å². The summed E-state index contributed by atoms with van der Waals surface area (Å²) in [4.78, 5) is 8.53. The van der Waals surface area contributed by atoms with Crippen molar-refractivity contribution in [2.75, 3.05) is 0 Å². The van der Waals surface area contributed by atoms with Crippen LogP contribution in [0.3, 0.4) is 0 Å². The van der Waals surface area contributed by atoms with Crippen molar-refractivity contribution in [1.29, 1.82) is 0 Å². The molecule has 0 fully saturated rings. The maximum atomic E-state index is 5.98. The third-order valence-electron chi connectivity index (χ3n) is 2.70. The smallest absolute Gasteiger partial charge is 0.215 e. The van der Waals surface area contributed by atoms with E-state index in [0.717, 1.165) is 15.9 Å². The lowest BCUT2D eigenvalue weighted by Gasteiger charge is -2.07. The monoisotopic (exact) mass is 306 g/mol. The van der Waals surface area contributed by atoms with Crippen molar-refractivity contribution < 1.29 is 0 Å². The van der Waals surface area contributed by atoms with Crippen LogP contribution in [0.5, 0.6) is 0 Å². The van der Waals surface area contributed by atoms with Crippen molar-refractivity contribution in [3.05, 3.63) is 29.5 Å². The normalized spacial score (nSPS) is 11.4. The van der Waals surface area contributed by atoms with Crippen LogP contribution >= 0.6 is 23.4 Å². The number of nitrogens with zero attached hydrogens (tertiary/aromatic N) is 6. The van der Waals surface area contributed by atoms with E-state index in [2.05, 4.69) is 25.5 Å². The van der Waals surface area contributed by atoms with Crippen molar-refractivity contribution in [3.63, 3.8) is 0 Å². The lowest BCUT2D eigenvalue weighted by Crippen LogP contribution is -2.04. The number of benzene rings is 1. The van der Waals surface area contributed by atoms with E-state index in [0.29, 0.717) is 10.2 Å². The zero-order valence-electron chi connectivity index (χ0n) is 10.9. The highest BCUT2D eigenvalue weighted by atomic mass is 35.5. The van der Waals surface area contributed by atoms with E-state index >= 15 is 0 Å². The molecule has 2 aromatic heterocycles. The van der Waals surface area contributed by atoms with Crippen LogP contribution in [-0.4, -0.2) is 30.2 Å². The molecule has 20 heavy (non-hydrogen) atoms. The minimum absolute atomic E-state index is 0.190. The first-order valence-electron chi connectivity index (χ1n) is 6.01. The highest BCUT2D eigenvalue weighted by Gasteiger charge is 2.13. The molecule has 0 amide bonds. The van der Waals surface area contributed by atoms with Gasteiger partial charge >= 0.3 is 0 Å². The molecular weight excluding hydrogens is 296 g/mol. The van der Waals surface area contributed by atoms with E-state index in [4.69, 9.17) is 11.6 Å². The third-order valence-corrected chi connectivity index (χ3v) is 3.91. The topological polar surface area (TPSA) is 69.4 Å². The second-order valence-electron chi connectivity index (χ2n) is 4.44. The van der Waals surface area contributed by atoms with E-state index in [1.54, 1.807) is 4.68 Å².